The van der Waals surface area contributed by atoms with E-state index in [0.717, 1.165) is 24.4 Å². The van der Waals surface area contributed by atoms with E-state index in [1.54, 1.807) is 0 Å². The molecule has 3 fully saturated rings. The topological polar surface area (TPSA) is 9.23 Å². The SMILES string of the molecule is CC1CCCC2(C)C1CCC1(C)OCCC12. The van der Waals surface area contributed by atoms with Crippen LogP contribution in [-0.4, -0.2) is 12.2 Å². The van der Waals surface area contributed by atoms with Crippen molar-refractivity contribution < 1.29 is 4.74 Å². The van der Waals surface area contributed by atoms with Crippen molar-refractivity contribution >= 4 is 0 Å². The van der Waals surface area contributed by atoms with Gasteiger partial charge in [-0.3, -0.25) is 0 Å². The van der Waals surface area contributed by atoms with Crippen molar-refractivity contribution in [2.75, 3.05) is 6.61 Å². The van der Waals surface area contributed by atoms with Crippen LogP contribution in [0.1, 0.15) is 59.3 Å². The first kappa shape index (κ1) is 11.1. The normalized spacial score (nSPS) is 56.8. The van der Waals surface area contributed by atoms with Crippen LogP contribution in [-0.2, 0) is 4.74 Å². The van der Waals surface area contributed by atoms with E-state index in [1.807, 2.05) is 0 Å². The second kappa shape index (κ2) is 3.48. The highest BCUT2D eigenvalue weighted by molar-refractivity contribution is 5.07. The third kappa shape index (κ3) is 1.33. The van der Waals surface area contributed by atoms with Crippen molar-refractivity contribution in [3.63, 3.8) is 0 Å². The smallest absolute Gasteiger partial charge is 0.0688 e. The molecule has 3 rings (SSSR count). The summed E-state index contributed by atoms with van der Waals surface area (Å²) in [5.74, 6) is 2.76. The summed E-state index contributed by atoms with van der Waals surface area (Å²) >= 11 is 0. The quantitative estimate of drug-likeness (QED) is 0.601. The van der Waals surface area contributed by atoms with Gasteiger partial charge < -0.3 is 4.74 Å². The van der Waals surface area contributed by atoms with Crippen LogP contribution >= 0.6 is 0 Å². The lowest BCUT2D eigenvalue weighted by Crippen LogP contribution is -2.53. The second-order valence-electron chi connectivity index (χ2n) is 7.02. The van der Waals surface area contributed by atoms with E-state index >= 15 is 0 Å². The monoisotopic (exact) mass is 222 g/mol. The predicted octanol–water partition coefficient (Wildman–Crippen LogP) is 4.02. The average molecular weight is 222 g/mol. The van der Waals surface area contributed by atoms with Gasteiger partial charge in [-0.2, -0.15) is 0 Å². The van der Waals surface area contributed by atoms with E-state index in [0.29, 0.717) is 5.41 Å². The predicted molar refractivity (Wildman–Crippen MR) is 66.3 cm³/mol. The van der Waals surface area contributed by atoms with Crippen molar-refractivity contribution in [2.24, 2.45) is 23.2 Å². The fraction of sp³-hybridized carbons (Fsp3) is 1.00. The Balaban J connectivity index is 1.94. The van der Waals surface area contributed by atoms with E-state index in [2.05, 4.69) is 20.8 Å². The Labute approximate surface area is 99.9 Å². The third-order valence-corrected chi connectivity index (χ3v) is 6.23. The standard InChI is InChI=1S/C15H26O/c1-11-5-4-8-14(2)12(11)6-9-15(3)13(14)7-10-16-15/h11-13H,4-10H2,1-3H3. The molecule has 92 valence electrons. The van der Waals surface area contributed by atoms with Gasteiger partial charge in [0.05, 0.1) is 5.60 Å². The molecule has 1 heteroatoms. The number of fused-ring (bicyclic) bond motifs is 3. The van der Waals surface area contributed by atoms with E-state index in [4.69, 9.17) is 4.74 Å². The van der Waals surface area contributed by atoms with Crippen molar-refractivity contribution in [3.05, 3.63) is 0 Å². The fourth-order valence-electron chi connectivity index (χ4n) is 5.42. The van der Waals surface area contributed by atoms with Gasteiger partial charge in [0.15, 0.2) is 0 Å². The number of hydrogen-bond acceptors (Lipinski definition) is 1. The van der Waals surface area contributed by atoms with Gasteiger partial charge in [-0.15, -0.1) is 0 Å². The highest BCUT2D eigenvalue weighted by Gasteiger charge is 2.57. The lowest BCUT2D eigenvalue weighted by atomic mass is 9.49. The average Bonchev–Trinajstić information content (AvgIpc) is 2.61. The Morgan fingerprint density at radius 1 is 1.06 bits per heavy atom. The van der Waals surface area contributed by atoms with Crippen LogP contribution in [0.2, 0.25) is 0 Å². The van der Waals surface area contributed by atoms with Crippen LogP contribution in [0.15, 0.2) is 0 Å². The van der Waals surface area contributed by atoms with E-state index in [1.165, 1.54) is 38.5 Å². The molecule has 2 saturated carbocycles. The molecule has 1 heterocycles. The summed E-state index contributed by atoms with van der Waals surface area (Å²) in [5.41, 5.74) is 0.809. The molecule has 5 unspecified atom stereocenters. The van der Waals surface area contributed by atoms with Crippen molar-refractivity contribution in [2.45, 2.75) is 64.9 Å². The molecule has 0 spiro atoms. The van der Waals surface area contributed by atoms with Crippen LogP contribution < -0.4 is 0 Å². The Bertz CT molecular complexity index is 287. The van der Waals surface area contributed by atoms with Crippen LogP contribution in [0.25, 0.3) is 0 Å². The van der Waals surface area contributed by atoms with Crippen molar-refractivity contribution in [1.29, 1.82) is 0 Å². The summed E-state index contributed by atoms with van der Waals surface area (Å²) in [7, 11) is 0. The molecule has 0 aromatic heterocycles. The largest absolute Gasteiger partial charge is 0.375 e. The Morgan fingerprint density at radius 2 is 1.88 bits per heavy atom. The molecule has 0 aromatic rings. The molecular formula is C15H26O. The summed E-state index contributed by atoms with van der Waals surface area (Å²) in [6.07, 6.45) is 8.39. The molecule has 0 aromatic carbocycles. The van der Waals surface area contributed by atoms with Gasteiger partial charge in [-0.25, -0.2) is 0 Å². The maximum Gasteiger partial charge on any atom is 0.0688 e. The lowest BCUT2D eigenvalue weighted by molar-refractivity contribution is -0.127. The number of hydrogen-bond donors (Lipinski definition) is 0. The van der Waals surface area contributed by atoms with Crippen LogP contribution in [0.4, 0.5) is 0 Å². The molecule has 16 heavy (non-hydrogen) atoms. The van der Waals surface area contributed by atoms with Gasteiger partial charge in [-0.1, -0.05) is 26.7 Å². The molecule has 1 saturated heterocycles. The van der Waals surface area contributed by atoms with Crippen LogP contribution in [0.5, 0.6) is 0 Å². The fourth-order valence-corrected chi connectivity index (χ4v) is 5.42. The molecule has 0 radical (unpaired) electrons. The van der Waals surface area contributed by atoms with E-state index in [-0.39, 0.29) is 5.60 Å². The Morgan fingerprint density at radius 3 is 2.69 bits per heavy atom. The first-order valence-electron chi connectivity index (χ1n) is 7.20. The Kier molecular flexibility index (Phi) is 2.41. The van der Waals surface area contributed by atoms with E-state index < -0.39 is 0 Å². The minimum atomic E-state index is 0.225. The van der Waals surface area contributed by atoms with Crippen molar-refractivity contribution in [1.82, 2.24) is 0 Å². The highest BCUT2D eigenvalue weighted by atomic mass is 16.5. The summed E-state index contributed by atoms with van der Waals surface area (Å²) in [5, 5.41) is 0. The minimum absolute atomic E-state index is 0.225. The molecule has 0 amide bonds. The zero-order chi connectivity index (χ0) is 11.4. The van der Waals surface area contributed by atoms with Gasteiger partial charge in [0.1, 0.15) is 0 Å². The van der Waals surface area contributed by atoms with Crippen molar-refractivity contribution in [3.8, 4) is 0 Å². The first-order chi connectivity index (χ1) is 7.56. The summed E-state index contributed by atoms with van der Waals surface area (Å²) in [6.45, 7) is 8.45. The van der Waals surface area contributed by atoms with Gasteiger partial charge in [0.2, 0.25) is 0 Å². The summed E-state index contributed by atoms with van der Waals surface area (Å²) < 4.78 is 6.09. The molecule has 0 N–H and O–H groups in total. The maximum absolute atomic E-state index is 6.09. The van der Waals surface area contributed by atoms with Gasteiger partial charge in [-0.05, 0) is 55.8 Å². The molecular weight excluding hydrogens is 196 g/mol. The van der Waals surface area contributed by atoms with E-state index in [9.17, 15) is 0 Å². The molecule has 5 atom stereocenters. The maximum atomic E-state index is 6.09. The first-order valence-corrected chi connectivity index (χ1v) is 7.20. The zero-order valence-corrected chi connectivity index (χ0v) is 11.1. The molecule has 3 aliphatic rings. The zero-order valence-electron chi connectivity index (χ0n) is 11.1. The second-order valence-corrected chi connectivity index (χ2v) is 7.02. The molecule has 2 aliphatic carbocycles. The number of rotatable bonds is 0. The molecule has 1 aliphatic heterocycles. The van der Waals surface area contributed by atoms with Gasteiger partial charge in [0, 0.05) is 6.61 Å². The third-order valence-electron chi connectivity index (χ3n) is 6.23. The Hall–Kier alpha value is -0.0400. The molecule has 1 nitrogen and oxygen atoms in total. The van der Waals surface area contributed by atoms with Crippen LogP contribution in [0, 0.1) is 23.2 Å². The van der Waals surface area contributed by atoms with Gasteiger partial charge >= 0.3 is 0 Å². The van der Waals surface area contributed by atoms with Crippen LogP contribution in [0.3, 0.4) is 0 Å². The highest BCUT2D eigenvalue weighted by Crippen LogP contribution is 2.61. The number of ether oxygens (including phenoxy) is 1. The lowest BCUT2D eigenvalue weighted by Gasteiger charge is -2.57. The van der Waals surface area contributed by atoms with Gasteiger partial charge in [0.25, 0.3) is 0 Å². The summed E-state index contributed by atoms with van der Waals surface area (Å²) in [6, 6.07) is 0. The minimum Gasteiger partial charge on any atom is -0.375 e. The molecule has 0 bridgehead atoms. The summed E-state index contributed by atoms with van der Waals surface area (Å²) in [4.78, 5) is 0.